The number of thiazole rings is 1. The molecule has 1 amide bonds. The van der Waals surface area contributed by atoms with Gasteiger partial charge in [0.1, 0.15) is 9.88 Å². The molecule has 1 saturated heterocycles. The lowest BCUT2D eigenvalue weighted by Gasteiger charge is -2.28. The summed E-state index contributed by atoms with van der Waals surface area (Å²) in [4.78, 5) is 31.4. The second-order valence-electron chi connectivity index (χ2n) is 6.93. The largest absolute Gasteiger partial charge is 0.481 e. The molecule has 2 aromatic heterocycles. The zero-order valence-corrected chi connectivity index (χ0v) is 15.6. The number of hydrogen-bond acceptors (Lipinski definition) is 5. The van der Waals surface area contributed by atoms with Gasteiger partial charge in [0.25, 0.3) is 5.91 Å². The average Bonchev–Trinajstić information content (AvgIpc) is 3.24. The van der Waals surface area contributed by atoms with E-state index in [2.05, 4.69) is 10.1 Å². The van der Waals surface area contributed by atoms with Crippen LogP contribution in [-0.2, 0) is 11.8 Å². The van der Waals surface area contributed by atoms with E-state index in [0.29, 0.717) is 23.5 Å². The summed E-state index contributed by atoms with van der Waals surface area (Å²) in [7, 11) is 1.83. The molecular weight excluding hydrogens is 340 g/mol. The fraction of sp³-hybridized carbons (Fsp3) is 0.529. The van der Waals surface area contributed by atoms with Gasteiger partial charge >= 0.3 is 5.97 Å². The molecule has 1 fully saturated rings. The number of hydrogen-bond donors (Lipinski definition) is 1. The Morgan fingerprint density at radius 3 is 2.64 bits per heavy atom. The van der Waals surface area contributed by atoms with Crippen molar-refractivity contribution in [2.24, 2.45) is 18.4 Å². The molecule has 134 valence electrons. The van der Waals surface area contributed by atoms with Crippen molar-refractivity contribution in [3.05, 3.63) is 23.0 Å². The van der Waals surface area contributed by atoms with E-state index in [1.807, 2.05) is 34.0 Å². The third-order valence-electron chi connectivity index (χ3n) is 5.06. The molecule has 1 aliphatic rings. The number of likely N-dealkylation sites (tertiary alicyclic amines) is 1. The van der Waals surface area contributed by atoms with Crippen LogP contribution in [0, 0.1) is 18.3 Å². The molecule has 1 aliphatic heterocycles. The Morgan fingerprint density at radius 1 is 1.40 bits per heavy atom. The SMILES string of the molecule is Cc1nc(-c2cnn(C)c2)sc1C(=O)N1CCC(C(=O)O)(C(C)C)C1. The van der Waals surface area contributed by atoms with Crippen LogP contribution in [0.25, 0.3) is 10.6 Å². The van der Waals surface area contributed by atoms with Crippen LogP contribution in [0.2, 0.25) is 0 Å². The van der Waals surface area contributed by atoms with Gasteiger partial charge in [-0.3, -0.25) is 14.3 Å². The van der Waals surface area contributed by atoms with Crippen molar-refractivity contribution in [3.8, 4) is 10.6 Å². The predicted octanol–water partition coefficient (Wildman–Crippen LogP) is 2.42. The van der Waals surface area contributed by atoms with Gasteiger partial charge in [-0.1, -0.05) is 13.8 Å². The number of carbonyl (C=O) groups excluding carboxylic acids is 1. The number of aromatic nitrogens is 3. The maximum atomic E-state index is 12.9. The monoisotopic (exact) mass is 362 g/mol. The standard InChI is InChI=1S/C17H22N4O3S/c1-10(2)17(16(23)24)5-6-21(9-17)15(22)13-11(3)19-14(25-13)12-7-18-20(4)8-12/h7-8,10H,5-6,9H2,1-4H3,(H,23,24). The average molecular weight is 362 g/mol. The zero-order valence-electron chi connectivity index (χ0n) is 14.8. The highest BCUT2D eigenvalue weighted by atomic mass is 32.1. The number of aryl methyl sites for hydroxylation is 2. The second kappa shape index (κ2) is 6.25. The first-order valence-corrected chi connectivity index (χ1v) is 9.05. The van der Waals surface area contributed by atoms with E-state index in [-0.39, 0.29) is 18.4 Å². The molecular formula is C17H22N4O3S. The highest BCUT2D eigenvalue weighted by Crippen LogP contribution is 2.39. The summed E-state index contributed by atoms with van der Waals surface area (Å²) in [5.41, 5.74) is 0.685. The van der Waals surface area contributed by atoms with Crippen molar-refractivity contribution < 1.29 is 14.7 Å². The van der Waals surface area contributed by atoms with Gasteiger partial charge in [-0.25, -0.2) is 4.98 Å². The number of nitrogens with zero attached hydrogens (tertiary/aromatic N) is 4. The smallest absolute Gasteiger partial charge is 0.311 e. The van der Waals surface area contributed by atoms with Gasteiger partial charge in [0.2, 0.25) is 0 Å². The molecule has 0 spiro atoms. The predicted molar refractivity (Wildman–Crippen MR) is 94.5 cm³/mol. The van der Waals surface area contributed by atoms with E-state index < -0.39 is 11.4 Å². The van der Waals surface area contributed by atoms with Gasteiger partial charge in [0.15, 0.2) is 0 Å². The van der Waals surface area contributed by atoms with Crippen LogP contribution in [0.5, 0.6) is 0 Å². The Bertz CT molecular complexity index is 826. The van der Waals surface area contributed by atoms with Crippen molar-refractivity contribution in [2.75, 3.05) is 13.1 Å². The number of rotatable bonds is 4. The van der Waals surface area contributed by atoms with Crippen molar-refractivity contribution in [1.29, 1.82) is 0 Å². The molecule has 7 nitrogen and oxygen atoms in total. The molecule has 0 radical (unpaired) electrons. The summed E-state index contributed by atoms with van der Waals surface area (Å²) in [6.07, 6.45) is 4.06. The Hall–Kier alpha value is -2.22. The quantitative estimate of drug-likeness (QED) is 0.902. The van der Waals surface area contributed by atoms with Gasteiger partial charge in [-0.15, -0.1) is 11.3 Å². The van der Waals surface area contributed by atoms with Crippen LogP contribution in [0.4, 0.5) is 0 Å². The Balaban J connectivity index is 1.85. The molecule has 0 aliphatic carbocycles. The van der Waals surface area contributed by atoms with Gasteiger partial charge in [0.05, 0.1) is 17.3 Å². The van der Waals surface area contributed by atoms with Crippen LogP contribution in [0.1, 0.15) is 35.6 Å². The molecule has 1 unspecified atom stereocenters. The van der Waals surface area contributed by atoms with E-state index in [1.165, 1.54) is 11.3 Å². The summed E-state index contributed by atoms with van der Waals surface area (Å²) < 4.78 is 1.69. The highest BCUT2D eigenvalue weighted by molar-refractivity contribution is 7.17. The first kappa shape index (κ1) is 17.6. The third-order valence-corrected chi connectivity index (χ3v) is 6.26. The minimum absolute atomic E-state index is 0.0312. The maximum absolute atomic E-state index is 12.9. The lowest BCUT2D eigenvalue weighted by molar-refractivity contribution is -0.150. The van der Waals surface area contributed by atoms with Crippen molar-refractivity contribution in [2.45, 2.75) is 27.2 Å². The van der Waals surface area contributed by atoms with Crippen LogP contribution < -0.4 is 0 Å². The topological polar surface area (TPSA) is 88.3 Å². The fourth-order valence-corrected chi connectivity index (χ4v) is 4.30. The first-order chi connectivity index (χ1) is 11.7. The summed E-state index contributed by atoms with van der Waals surface area (Å²) >= 11 is 1.33. The molecule has 8 heteroatoms. The molecule has 2 aromatic rings. The van der Waals surface area contributed by atoms with Gasteiger partial charge in [-0.2, -0.15) is 5.10 Å². The van der Waals surface area contributed by atoms with E-state index in [4.69, 9.17) is 0 Å². The van der Waals surface area contributed by atoms with Crippen molar-refractivity contribution >= 4 is 23.2 Å². The molecule has 1 atom stereocenters. The Kier molecular flexibility index (Phi) is 4.40. The fourth-order valence-electron chi connectivity index (χ4n) is 3.29. The molecule has 0 bridgehead atoms. The highest BCUT2D eigenvalue weighted by Gasteiger charge is 2.48. The number of aliphatic carboxylic acids is 1. The summed E-state index contributed by atoms with van der Waals surface area (Å²) in [6, 6.07) is 0. The molecule has 3 rings (SSSR count). The normalized spacial score (nSPS) is 20.4. The first-order valence-electron chi connectivity index (χ1n) is 8.23. The van der Waals surface area contributed by atoms with Crippen molar-refractivity contribution in [1.82, 2.24) is 19.7 Å². The molecule has 0 saturated carbocycles. The molecule has 0 aromatic carbocycles. The molecule has 25 heavy (non-hydrogen) atoms. The summed E-state index contributed by atoms with van der Waals surface area (Å²) in [5.74, 6) is -0.986. The number of carboxylic acid groups (broad SMARTS) is 1. The minimum atomic E-state index is -0.861. The maximum Gasteiger partial charge on any atom is 0.311 e. The second-order valence-corrected chi connectivity index (χ2v) is 7.93. The van der Waals surface area contributed by atoms with Crippen LogP contribution >= 0.6 is 11.3 Å². The number of carboxylic acids is 1. The lowest BCUT2D eigenvalue weighted by atomic mass is 9.76. The zero-order chi connectivity index (χ0) is 18.4. The number of carbonyl (C=O) groups is 2. The van der Waals surface area contributed by atoms with E-state index in [0.717, 1.165) is 10.6 Å². The van der Waals surface area contributed by atoms with E-state index >= 15 is 0 Å². The summed E-state index contributed by atoms with van der Waals surface area (Å²) in [6.45, 7) is 6.33. The van der Waals surface area contributed by atoms with Gasteiger partial charge < -0.3 is 10.0 Å². The lowest BCUT2D eigenvalue weighted by Crippen LogP contribution is -2.40. The van der Waals surface area contributed by atoms with Crippen molar-refractivity contribution in [3.63, 3.8) is 0 Å². The van der Waals surface area contributed by atoms with Crippen LogP contribution in [0.3, 0.4) is 0 Å². The van der Waals surface area contributed by atoms with E-state index in [9.17, 15) is 14.7 Å². The van der Waals surface area contributed by atoms with Gasteiger partial charge in [0, 0.05) is 31.9 Å². The summed E-state index contributed by atoms with van der Waals surface area (Å²) in [5, 5.41) is 14.5. The molecule has 1 N–H and O–H groups in total. The Labute approximate surface area is 150 Å². The Morgan fingerprint density at radius 2 is 2.12 bits per heavy atom. The van der Waals surface area contributed by atoms with E-state index in [1.54, 1.807) is 15.8 Å². The minimum Gasteiger partial charge on any atom is -0.481 e. The van der Waals surface area contributed by atoms with Crippen LogP contribution in [-0.4, -0.2) is 49.7 Å². The molecule has 3 heterocycles. The van der Waals surface area contributed by atoms with Crippen LogP contribution in [0.15, 0.2) is 12.4 Å². The number of amides is 1. The third kappa shape index (κ3) is 2.95. The van der Waals surface area contributed by atoms with Gasteiger partial charge in [-0.05, 0) is 19.3 Å².